The Labute approximate surface area is 138 Å². The van der Waals surface area contributed by atoms with E-state index in [-0.39, 0.29) is 11.5 Å². The number of nitrogens with one attached hydrogen (secondary N) is 1. The predicted octanol–water partition coefficient (Wildman–Crippen LogP) is 2.64. The van der Waals surface area contributed by atoms with Gasteiger partial charge in [0.05, 0.1) is 25.9 Å². The summed E-state index contributed by atoms with van der Waals surface area (Å²) < 4.78 is 16.8. The van der Waals surface area contributed by atoms with Crippen LogP contribution in [-0.4, -0.2) is 38.9 Å². The summed E-state index contributed by atoms with van der Waals surface area (Å²) in [5, 5.41) is 3.08. The smallest absolute Gasteiger partial charge is 0.193 e. The third-order valence-electron chi connectivity index (χ3n) is 3.70. The van der Waals surface area contributed by atoms with E-state index < -0.39 is 0 Å². The molecule has 0 fully saturated rings. The van der Waals surface area contributed by atoms with E-state index in [4.69, 9.17) is 19.9 Å². The van der Waals surface area contributed by atoms with Crippen molar-refractivity contribution in [3.05, 3.63) is 18.2 Å². The van der Waals surface area contributed by atoms with E-state index in [0.717, 1.165) is 23.6 Å². The maximum atomic E-state index is 5.97. The summed E-state index contributed by atoms with van der Waals surface area (Å²) >= 11 is 0. The van der Waals surface area contributed by atoms with Crippen LogP contribution in [0.5, 0.6) is 11.5 Å². The van der Waals surface area contributed by atoms with Crippen LogP contribution in [0.3, 0.4) is 0 Å². The maximum absolute atomic E-state index is 5.97. The molecule has 0 saturated carbocycles. The van der Waals surface area contributed by atoms with Gasteiger partial charge < -0.3 is 25.3 Å². The lowest BCUT2D eigenvalue weighted by Crippen LogP contribution is -2.33. The van der Waals surface area contributed by atoms with Crippen molar-refractivity contribution < 1.29 is 14.2 Å². The van der Waals surface area contributed by atoms with E-state index >= 15 is 0 Å². The summed E-state index contributed by atoms with van der Waals surface area (Å²) in [5.41, 5.74) is 6.80. The molecule has 128 valence electrons. The lowest BCUT2D eigenvalue weighted by Gasteiger charge is -2.27. The molecule has 2 rings (SSSR count). The van der Waals surface area contributed by atoms with Crippen molar-refractivity contribution in [1.82, 2.24) is 0 Å². The van der Waals surface area contributed by atoms with E-state index in [2.05, 4.69) is 31.1 Å². The largest absolute Gasteiger partial charge is 0.490 e. The quantitative estimate of drug-likeness (QED) is 0.658. The Morgan fingerprint density at radius 1 is 1.30 bits per heavy atom. The number of aliphatic imine (C=N–C) groups is 1. The number of rotatable bonds is 4. The zero-order valence-corrected chi connectivity index (χ0v) is 14.4. The standard InChI is InChI=1S/C17H27N3O3/c1-17(2,3)15(21-4)11-19-16(18)20-12-6-7-13-14(10-12)23-9-5-8-22-13/h6-7,10,15H,5,8-9,11H2,1-4H3,(H3,18,19,20). The number of ether oxygens (including phenoxy) is 3. The van der Waals surface area contributed by atoms with Crippen molar-refractivity contribution in [2.45, 2.75) is 33.3 Å². The fraction of sp³-hybridized carbons (Fsp3) is 0.588. The third kappa shape index (κ3) is 5.03. The SMILES string of the molecule is COC(CN=C(N)Nc1ccc2c(c1)OCCCO2)C(C)(C)C. The molecule has 0 bridgehead atoms. The summed E-state index contributed by atoms with van der Waals surface area (Å²) in [6, 6.07) is 5.65. The number of fused-ring (bicyclic) bond motifs is 1. The predicted molar refractivity (Wildman–Crippen MR) is 92.4 cm³/mol. The first-order valence-corrected chi connectivity index (χ1v) is 7.89. The van der Waals surface area contributed by atoms with E-state index in [9.17, 15) is 0 Å². The molecule has 0 amide bonds. The fourth-order valence-electron chi connectivity index (χ4n) is 2.31. The normalized spacial score (nSPS) is 16.6. The molecule has 0 spiro atoms. The second kappa shape index (κ2) is 7.55. The lowest BCUT2D eigenvalue weighted by molar-refractivity contribution is 0.0242. The van der Waals surface area contributed by atoms with Gasteiger partial charge in [0.2, 0.25) is 0 Å². The van der Waals surface area contributed by atoms with Gasteiger partial charge in [0.15, 0.2) is 17.5 Å². The number of hydrogen-bond acceptors (Lipinski definition) is 4. The molecule has 1 aliphatic heterocycles. The lowest BCUT2D eigenvalue weighted by atomic mass is 9.89. The van der Waals surface area contributed by atoms with Gasteiger partial charge in [-0.3, -0.25) is 4.99 Å². The molecule has 1 aliphatic rings. The van der Waals surface area contributed by atoms with Crippen LogP contribution in [0.4, 0.5) is 5.69 Å². The van der Waals surface area contributed by atoms with Crippen molar-refractivity contribution in [1.29, 1.82) is 0 Å². The molecule has 6 nitrogen and oxygen atoms in total. The Bertz CT molecular complexity index is 553. The number of benzene rings is 1. The number of guanidine groups is 1. The van der Waals surface area contributed by atoms with E-state index in [1.165, 1.54) is 0 Å². The van der Waals surface area contributed by atoms with Gasteiger partial charge in [0.1, 0.15) is 0 Å². The second-order valence-electron chi connectivity index (χ2n) is 6.65. The average molecular weight is 321 g/mol. The highest BCUT2D eigenvalue weighted by Crippen LogP contribution is 2.32. The van der Waals surface area contributed by atoms with Gasteiger partial charge in [0, 0.05) is 25.3 Å². The first-order valence-electron chi connectivity index (χ1n) is 7.89. The fourth-order valence-corrected chi connectivity index (χ4v) is 2.31. The molecule has 0 saturated heterocycles. The van der Waals surface area contributed by atoms with Crippen LogP contribution in [0.25, 0.3) is 0 Å². The number of hydrogen-bond donors (Lipinski definition) is 2. The van der Waals surface area contributed by atoms with E-state index in [1.807, 2.05) is 18.2 Å². The molecule has 0 radical (unpaired) electrons. The molecule has 0 aromatic heterocycles. The van der Waals surface area contributed by atoms with E-state index in [0.29, 0.717) is 25.7 Å². The zero-order chi connectivity index (χ0) is 16.9. The van der Waals surface area contributed by atoms with Gasteiger partial charge in [-0.1, -0.05) is 20.8 Å². The topological polar surface area (TPSA) is 78.1 Å². The molecular weight excluding hydrogens is 294 g/mol. The number of nitrogens with two attached hydrogens (primary N) is 1. The van der Waals surface area contributed by atoms with E-state index in [1.54, 1.807) is 7.11 Å². The summed E-state index contributed by atoms with van der Waals surface area (Å²) in [6.07, 6.45) is 0.887. The Balaban J connectivity index is 2.01. The molecule has 1 aromatic rings. The van der Waals surface area contributed by atoms with Crippen LogP contribution in [0, 0.1) is 5.41 Å². The van der Waals surface area contributed by atoms with Gasteiger partial charge >= 0.3 is 0 Å². The molecule has 3 N–H and O–H groups in total. The van der Waals surface area contributed by atoms with Crippen molar-refractivity contribution >= 4 is 11.6 Å². The molecule has 1 heterocycles. The Hall–Kier alpha value is -1.95. The van der Waals surface area contributed by atoms with Crippen LogP contribution >= 0.6 is 0 Å². The number of methoxy groups -OCH3 is 1. The zero-order valence-electron chi connectivity index (χ0n) is 14.4. The Morgan fingerprint density at radius 3 is 2.65 bits per heavy atom. The van der Waals surface area contributed by atoms with Crippen LogP contribution < -0.4 is 20.5 Å². The van der Waals surface area contributed by atoms with Gasteiger partial charge in [0.25, 0.3) is 0 Å². The van der Waals surface area contributed by atoms with Crippen molar-refractivity contribution in [2.75, 3.05) is 32.2 Å². The monoisotopic (exact) mass is 321 g/mol. The van der Waals surface area contributed by atoms with Crippen LogP contribution in [0.1, 0.15) is 27.2 Å². The summed E-state index contributed by atoms with van der Waals surface area (Å²) in [5.74, 6) is 1.84. The molecular formula is C17H27N3O3. The minimum atomic E-state index is 0.00614. The molecule has 1 unspecified atom stereocenters. The average Bonchev–Trinajstić information content (AvgIpc) is 2.71. The number of anilines is 1. The minimum absolute atomic E-state index is 0.00614. The molecule has 23 heavy (non-hydrogen) atoms. The third-order valence-corrected chi connectivity index (χ3v) is 3.70. The molecule has 6 heteroatoms. The highest BCUT2D eigenvalue weighted by Gasteiger charge is 2.23. The van der Waals surface area contributed by atoms with Gasteiger partial charge in [-0.25, -0.2) is 0 Å². The minimum Gasteiger partial charge on any atom is -0.490 e. The summed E-state index contributed by atoms with van der Waals surface area (Å²) in [6.45, 7) is 8.18. The molecule has 1 atom stereocenters. The van der Waals surface area contributed by atoms with Crippen molar-refractivity contribution in [3.63, 3.8) is 0 Å². The van der Waals surface area contributed by atoms with Crippen molar-refractivity contribution in [3.8, 4) is 11.5 Å². The number of nitrogens with zero attached hydrogens (tertiary/aromatic N) is 1. The van der Waals surface area contributed by atoms with Crippen LogP contribution in [-0.2, 0) is 4.74 Å². The molecule has 1 aromatic carbocycles. The summed E-state index contributed by atoms with van der Waals surface area (Å²) in [7, 11) is 1.69. The van der Waals surface area contributed by atoms with Crippen LogP contribution in [0.2, 0.25) is 0 Å². The van der Waals surface area contributed by atoms with Gasteiger partial charge in [-0.05, 0) is 17.5 Å². The van der Waals surface area contributed by atoms with Gasteiger partial charge in [-0.2, -0.15) is 0 Å². The first-order chi connectivity index (χ1) is 10.9. The summed E-state index contributed by atoms with van der Waals surface area (Å²) in [4.78, 5) is 4.37. The highest BCUT2D eigenvalue weighted by molar-refractivity contribution is 5.92. The highest BCUT2D eigenvalue weighted by atomic mass is 16.5. The Morgan fingerprint density at radius 2 is 2.00 bits per heavy atom. The maximum Gasteiger partial charge on any atom is 0.193 e. The van der Waals surface area contributed by atoms with Crippen LogP contribution in [0.15, 0.2) is 23.2 Å². The molecule has 0 aliphatic carbocycles. The first kappa shape index (κ1) is 17.4. The van der Waals surface area contributed by atoms with Gasteiger partial charge in [-0.15, -0.1) is 0 Å². The second-order valence-corrected chi connectivity index (χ2v) is 6.65. The van der Waals surface area contributed by atoms with Crippen molar-refractivity contribution in [2.24, 2.45) is 16.1 Å². The Kier molecular flexibility index (Phi) is 5.71.